The van der Waals surface area contributed by atoms with E-state index in [2.05, 4.69) is 19.2 Å². The number of fused-ring (bicyclic) bond motifs is 2. The zero-order valence-corrected chi connectivity index (χ0v) is 20.3. The second-order valence-electron chi connectivity index (χ2n) is 10.7. The molecule has 5 rings (SSSR count). The van der Waals surface area contributed by atoms with Crippen LogP contribution in [0.2, 0.25) is 0 Å². The van der Waals surface area contributed by atoms with Gasteiger partial charge in [-0.2, -0.15) is 0 Å². The normalized spacial score (nSPS) is 16.6. The lowest BCUT2D eigenvalue weighted by Gasteiger charge is -2.28. The Bertz CT molecular complexity index is 1320. The van der Waals surface area contributed by atoms with E-state index < -0.39 is 6.10 Å². The lowest BCUT2D eigenvalue weighted by Crippen LogP contribution is -2.27. The molecule has 2 aliphatic rings. The minimum absolute atomic E-state index is 0.0372. The molecule has 3 N–H and O–H groups in total. The lowest BCUT2D eigenvalue weighted by molar-refractivity contribution is -0.118. The van der Waals surface area contributed by atoms with Crippen LogP contribution in [-0.2, 0) is 17.9 Å². The van der Waals surface area contributed by atoms with Crippen LogP contribution in [0, 0.1) is 11.3 Å². The number of phenolic OH excluding ortho intramolecular Hbond substituents is 1. The number of anilines is 1. The zero-order valence-electron chi connectivity index (χ0n) is 20.3. The van der Waals surface area contributed by atoms with Crippen molar-refractivity contribution in [1.29, 1.82) is 0 Å². The third-order valence-electron chi connectivity index (χ3n) is 7.25. The first-order valence-electron chi connectivity index (χ1n) is 12.4. The van der Waals surface area contributed by atoms with Crippen LogP contribution in [0.4, 0.5) is 5.69 Å². The Kier molecular flexibility index (Phi) is 6.09. The van der Waals surface area contributed by atoms with Gasteiger partial charge in [0, 0.05) is 24.7 Å². The third kappa shape index (κ3) is 4.93. The minimum Gasteiger partial charge on any atom is -0.508 e. The molecule has 1 saturated carbocycles. The van der Waals surface area contributed by atoms with E-state index in [9.17, 15) is 19.8 Å². The summed E-state index contributed by atoms with van der Waals surface area (Å²) in [5.41, 5.74) is 2.73. The van der Waals surface area contributed by atoms with Gasteiger partial charge in [-0.25, -0.2) is 4.79 Å². The Morgan fingerprint density at radius 3 is 2.54 bits per heavy atom. The van der Waals surface area contributed by atoms with E-state index in [1.807, 2.05) is 33.4 Å². The summed E-state index contributed by atoms with van der Waals surface area (Å²) in [4.78, 5) is 24.9. The first-order chi connectivity index (χ1) is 16.7. The highest BCUT2D eigenvalue weighted by molar-refractivity contribution is 5.96. The SMILES string of the molecule is CC(C)(CCC(O)c1cc(O)cc2c1OCC(=O)N2)CCn1c(=O)n(CC2CC2)c2ccccc21. The number of aliphatic hydroxyl groups excluding tert-OH is 1. The van der Waals surface area contributed by atoms with E-state index in [1.54, 1.807) is 0 Å². The molecule has 0 bridgehead atoms. The maximum absolute atomic E-state index is 13.2. The number of amides is 1. The maximum atomic E-state index is 13.2. The molecular formula is C27H33N3O5. The Morgan fingerprint density at radius 1 is 1.11 bits per heavy atom. The molecule has 1 amide bonds. The number of carbonyl (C=O) groups is 1. The average molecular weight is 480 g/mol. The van der Waals surface area contributed by atoms with Gasteiger partial charge in [-0.05, 0) is 61.6 Å². The van der Waals surface area contributed by atoms with Gasteiger partial charge in [0.1, 0.15) is 11.5 Å². The molecule has 8 nitrogen and oxygen atoms in total. The molecule has 3 aromatic rings. The average Bonchev–Trinajstić information content (AvgIpc) is 3.60. The van der Waals surface area contributed by atoms with Crippen molar-refractivity contribution < 1.29 is 19.7 Å². The van der Waals surface area contributed by atoms with Crippen LogP contribution >= 0.6 is 0 Å². The van der Waals surface area contributed by atoms with Crippen LogP contribution in [0.15, 0.2) is 41.2 Å². The molecule has 35 heavy (non-hydrogen) atoms. The van der Waals surface area contributed by atoms with Crippen molar-refractivity contribution in [2.75, 3.05) is 11.9 Å². The van der Waals surface area contributed by atoms with Crippen LogP contribution in [0.3, 0.4) is 0 Å². The number of ether oxygens (including phenoxy) is 1. The largest absolute Gasteiger partial charge is 0.508 e. The molecule has 2 aromatic carbocycles. The van der Waals surface area contributed by atoms with Gasteiger partial charge in [-0.3, -0.25) is 13.9 Å². The summed E-state index contributed by atoms with van der Waals surface area (Å²) in [5, 5.41) is 23.7. The number of nitrogens with zero attached hydrogens (tertiary/aromatic N) is 2. The Labute approximate surface area is 204 Å². The highest BCUT2D eigenvalue weighted by Crippen LogP contribution is 2.41. The number of rotatable bonds is 9. The van der Waals surface area contributed by atoms with E-state index in [0.29, 0.717) is 42.3 Å². The summed E-state index contributed by atoms with van der Waals surface area (Å²) in [6, 6.07) is 10.9. The number of aryl methyl sites for hydroxylation is 1. The zero-order chi connectivity index (χ0) is 24.7. The molecule has 1 fully saturated rings. The Hall–Kier alpha value is -3.26. The van der Waals surface area contributed by atoms with Crippen LogP contribution < -0.4 is 15.7 Å². The van der Waals surface area contributed by atoms with E-state index >= 15 is 0 Å². The van der Waals surface area contributed by atoms with E-state index in [4.69, 9.17) is 4.74 Å². The topological polar surface area (TPSA) is 106 Å². The highest BCUT2D eigenvalue weighted by Gasteiger charge is 2.28. The number of hydrogen-bond donors (Lipinski definition) is 3. The molecule has 1 aliphatic heterocycles. The van der Waals surface area contributed by atoms with Crippen molar-refractivity contribution in [2.24, 2.45) is 11.3 Å². The number of phenols is 1. The van der Waals surface area contributed by atoms with E-state index in [-0.39, 0.29) is 29.4 Å². The Balaban J connectivity index is 1.28. The fourth-order valence-electron chi connectivity index (χ4n) is 4.91. The maximum Gasteiger partial charge on any atom is 0.329 e. The van der Waals surface area contributed by atoms with Gasteiger partial charge < -0.3 is 20.3 Å². The van der Waals surface area contributed by atoms with Gasteiger partial charge in [0.2, 0.25) is 0 Å². The lowest BCUT2D eigenvalue weighted by atomic mass is 9.82. The second-order valence-corrected chi connectivity index (χ2v) is 10.7. The fourth-order valence-corrected chi connectivity index (χ4v) is 4.91. The predicted molar refractivity (Wildman–Crippen MR) is 134 cm³/mol. The van der Waals surface area contributed by atoms with Gasteiger partial charge in [0.05, 0.1) is 22.8 Å². The summed E-state index contributed by atoms with van der Waals surface area (Å²) in [5.74, 6) is 0.691. The Morgan fingerprint density at radius 2 is 1.83 bits per heavy atom. The van der Waals surface area contributed by atoms with Gasteiger partial charge >= 0.3 is 5.69 Å². The quantitative estimate of drug-likeness (QED) is 0.427. The van der Waals surface area contributed by atoms with E-state index in [1.165, 1.54) is 25.0 Å². The molecule has 0 spiro atoms. The number of imidazole rings is 1. The monoisotopic (exact) mass is 479 g/mol. The van der Waals surface area contributed by atoms with Crippen LogP contribution in [0.5, 0.6) is 11.5 Å². The summed E-state index contributed by atoms with van der Waals surface area (Å²) in [6.45, 7) is 5.56. The molecule has 8 heteroatoms. The molecule has 2 heterocycles. The molecule has 1 aliphatic carbocycles. The number of benzene rings is 2. The van der Waals surface area contributed by atoms with Crippen molar-refractivity contribution in [1.82, 2.24) is 9.13 Å². The molecular weight excluding hydrogens is 446 g/mol. The van der Waals surface area contributed by atoms with Gasteiger partial charge in [-0.15, -0.1) is 0 Å². The number of carbonyl (C=O) groups excluding carboxylic acids is 1. The van der Waals surface area contributed by atoms with Crippen molar-refractivity contribution >= 4 is 22.6 Å². The molecule has 1 atom stereocenters. The first kappa shape index (κ1) is 23.5. The summed E-state index contributed by atoms with van der Waals surface area (Å²) in [7, 11) is 0. The fraction of sp³-hybridized carbons (Fsp3) is 0.481. The van der Waals surface area contributed by atoms with Gasteiger partial charge in [0.25, 0.3) is 5.91 Å². The van der Waals surface area contributed by atoms with Crippen molar-refractivity contribution in [3.63, 3.8) is 0 Å². The second kappa shape index (κ2) is 9.07. The van der Waals surface area contributed by atoms with Crippen molar-refractivity contribution in [2.45, 2.75) is 65.1 Å². The number of para-hydroxylation sites is 2. The number of aromatic hydroxyl groups is 1. The summed E-state index contributed by atoms with van der Waals surface area (Å²) in [6.07, 6.45) is 3.48. The number of hydrogen-bond acceptors (Lipinski definition) is 5. The number of nitrogens with one attached hydrogen (secondary N) is 1. The number of aromatic nitrogens is 2. The summed E-state index contributed by atoms with van der Waals surface area (Å²) >= 11 is 0. The highest BCUT2D eigenvalue weighted by atomic mass is 16.5. The van der Waals surface area contributed by atoms with Crippen LogP contribution in [-0.4, -0.2) is 31.9 Å². The summed E-state index contributed by atoms with van der Waals surface area (Å²) < 4.78 is 9.36. The standard InChI is InChI=1S/C27H33N3O5/c1-27(2,10-9-23(32)19-13-18(31)14-20-25(19)35-16-24(33)28-20)11-12-29-21-5-3-4-6-22(21)30(26(29)34)15-17-7-8-17/h3-6,13-14,17,23,31-32H,7-12,15-16H2,1-2H3,(H,28,33). The molecule has 1 unspecified atom stereocenters. The third-order valence-corrected chi connectivity index (χ3v) is 7.25. The first-order valence-corrected chi connectivity index (χ1v) is 12.4. The molecule has 1 aromatic heterocycles. The molecule has 0 radical (unpaired) electrons. The van der Waals surface area contributed by atoms with Gasteiger partial charge in [0.15, 0.2) is 6.61 Å². The van der Waals surface area contributed by atoms with E-state index in [0.717, 1.165) is 24.0 Å². The van der Waals surface area contributed by atoms with Crippen LogP contribution in [0.25, 0.3) is 11.0 Å². The number of aliphatic hydroxyl groups is 1. The minimum atomic E-state index is -0.853. The van der Waals surface area contributed by atoms with Gasteiger partial charge in [-0.1, -0.05) is 26.0 Å². The van der Waals surface area contributed by atoms with Crippen LogP contribution in [0.1, 0.15) is 57.6 Å². The molecule has 186 valence electrons. The predicted octanol–water partition coefficient (Wildman–Crippen LogP) is 4.18. The van der Waals surface area contributed by atoms with Crippen molar-refractivity contribution in [3.05, 3.63) is 52.4 Å². The smallest absolute Gasteiger partial charge is 0.329 e. The molecule has 0 saturated heterocycles. The van der Waals surface area contributed by atoms with Crippen molar-refractivity contribution in [3.8, 4) is 11.5 Å².